The van der Waals surface area contributed by atoms with Crippen molar-refractivity contribution in [3.8, 4) is 0 Å². The van der Waals surface area contributed by atoms with Gasteiger partial charge in [0.05, 0.1) is 5.56 Å². The summed E-state index contributed by atoms with van der Waals surface area (Å²) in [5.41, 5.74) is 1.96. The molecule has 1 aliphatic heterocycles. The van der Waals surface area contributed by atoms with Crippen LogP contribution in [0, 0.1) is 6.92 Å². The molecule has 1 heterocycles. The van der Waals surface area contributed by atoms with Gasteiger partial charge >= 0.3 is 0 Å². The largest absolute Gasteiger partial charge is 0.336 e. The topological polar surface area (TPSA) is 20.3 Å². The molecule has 1 fully saturated rings. The Morgan fingerprint density at radius 2 is 2.11 bits per heavy atom. The molecule has 1 unspecified atom stereocenters. The predicted molar refractivity (Wildman–Crippen MR) is 77.8 cm³/mol. The average Bonchev–Trinajstić information content (AvgIpc) is 2.53. The van der Waals surface area contributed by atoms with Gasteiger partial charge in [0.2, 0.25) is 0 Å². The molecule has 0 aliphatic carbocycles. The van der Waals surface area contributed by atoms with E-state index in [4.69, 9.17) is 0 Å². The van der Waals surface area contributed by atoms with Gasteiger partial charge in [-0.05, 0) is 60.3 Å². The molecule has 2 rings (SSSR count). The standard InChI is InChI=1S/C15H20BrNO/c1-11-7-8-13(14(16)10-11)15(18)17-9-5-3-4-6-12(17)2/h7-8,10,12H,3-6,9H2,1-2H3. The summed E-state index contributed by atoms with van der Waals surface area (Å²) >= 11 is 3.51. The molecule has 0 radical (unpaired) electrons. The molecule has 1 amide bonds. The number of benzene rings is 1. The highest BCUT2D eigenvalue weighted by Gasteiger charge is 2.24. The van der Waals surface area contributed by atoms with Gasteiger partial charge in [0.15, 0.2) is 0 Å². The number of halogens is 1. The van der Waals surface area contributed by atoms with Crippen molar-refractivity contribution in [2.45, 2.75) is 45.6 Å². The molecule has 2 nitrogen and oxygen atoms in total. The van der Waals surface area contributed by atoms with E-state index in [0.717, 1.165) is 29.4 Å². The van der Waals surface area contributed by atoms with E-state index in [9.17, 15) is 4.79 Å². The smallest absolute Gasteiger partial charge is 0.255 e. The van der Waals surface area contributed by atoms with E-state index >= 15 is 0 Å². The summed E-state index contributed by atoms with van der Waals surface area (Å²) in [4.78, 5) is 14.6. The molecular formula is C15H20BrNO. The molecule has 1 aromatic carbocycles. The molecule has 0 aromatic heterocycles. The third kappa shape index (κ3) is 2.94. The summed E-state index contributed by atoms with van der Waals surface area (Å²) in [6.07, 6.45) is 4.72. The van der Waals surface area contributed by atoms with Crippen LogP contribution in [-0.2, 0) is 0 Å². The quantitative estimate of drug-likeness (QED) is 0.762. The second-order valence-electron chi connectivity index (χ2n) is 5.18. The van der Waals surface area contributed by atoms with Crippen molar-refractivity contribution in [3.05, 3.63) is 33.8 Å². The fourth-order valence-corrected chi connectivity index (χ4v) is 3.19. The third-order valence-corrected chi connectivity index (χ3v) is 4.32. The zero-order valence-corrected chi connectivity index (χ0v) is 12.7. The third-order valence-electron chi connectivity index (χ3n) is 3.67. The summed E-state index contributed by atoms with van der Waals surface area (Å²) < 4.78 is 0.906. The van der Waals surface area contributed by atoms with Crippen LogP contribution in [0.25, 0.3) is 0 Å². The van der Waals surface area contributed by atoms with Crippen molar-refractivity contribution in [1.29, 1.82) is 0 Å². The minimum atomic E-state index is 0.163. The van der Waals surface area contributed by atoms with Crippen LogP contribution in [0.2, 0.25) is 0 Å². The number of nitrogens with zero attached hydrogens (tertiary/aromatic N) is 1. The zero-order chi connectivity index (χ0) is 13.1. The van der Waals surface area contributed by atoms with Gasteiger partial charge in [0.1, 0.15) is 0 Å². The molecule has 18 heavy (non-hydrogen) atoms. The van der Waals surface area contributed by atoms with Crippen molar-refractivity contribution in [1.82, 2.24) is 4.90 Å². The molecule has 0 bridgehead atoms. The van der Waals surface area contributed by atoms with Gasteiger partial charge < -0.3 is 4.90 Å². The van der Waals surface area contributed by atoms with Gasteiger partial charge in [-0.2, -0.15) is 0 Å². The lowest BCUT2D eigenvalue weighted by atomic mass is 10.1. The summed E-state index contributed by atoms with van der Waals surface area (Å²) in [5, 5.41) is 0. The van der Waals surface area contributed by atoms with Crippen LogP contribution >= 0.6 is 15.9 Å². The number of likely N-dealkylation sites (tertiary alicyclic amines) is 1. The van der Waals surface area contributed by atoms with Crippen LogP contribution in [0.5, 0.6) is 0 Å². The lowest BCUT2D eigenvalue weighted by Gasteiger charge is -2.27. The van der Waals surface area contributed by atoms with Gasteiger partial charge in [0.25, 0.3) is 5.91 Å². The van der Waals surface area contributed by atoms with Gasteiger partial charge in [0, 0.05) is 17.1 Å². The zero-order valence-electron chi connectivity index (χ0n) is 11.1. The van der Waals surface area contributed by atoms with E-state index in [-0.39, 0.29) is 5.91 Å². The number of carbonyl (C=O) groups excluding carboxylic acids is 1. The maximum atomic E-state index is 12.6. The Bertz CT molecular complexity index is 444. The van der Waals surface area contributed by atoms with Crippen molar-refractivity contribution < 1.29 is 4.79 Å². The Morgan fingerprint density at radius 1 is 1.33 bits per heavy atom. The van der Waals surface area contributed by atoms with Crippen LogP contribution < -0.4 is 0 Å². The van der Waals surface area contributed by atoms with E-state index in [1.165, 1.54) is 18.4 Å². The first kappa shape index (κ1) is 13.6. The highest BCUT2D eigenvalue weighted by Crippen LogP contribution is 2.24. The number of aryl methyl sites for hydroxylation is 1. The fourth-order valence-electron chi connectivity index (χ4n) is 2.52. The maximum Gasteiger partial charge on any atom is 0.255 e. The first-order chi connectivity index (χ1) is 8.59. The van der Waals surface area contributed by atoms with E-state index < -0.39 is 0 Å². The molecular weight excluding hydrogens is 290 g/mol. The highest BCUT2D eigenvalue weighted by molar-refractivity contribution is 9.10. The van der Waals surface area contributed by atoms with E-state index in [0.29, 0.717) is 6.04 Å². The van der Waals surface area contributed by atoms with Crippen molar-refractivity contribution >= 4 is 21.8 Å². The van der Waals surface area contributed by atoms with Crippen LogP contribution in [-0.4, -0.2) is 23.4 Å². The molecule has 1 atom stereocenters. The molecule has 1 saturated heterocycles. The summed E-state index contributed by atoms with van der Waals surface area (Å²) in [6.45, 7) is 5.08. The molecule has 1 aliphatic rings. The number of hydrogen-bond acceptors (Lipinski definition) is 1. The minimum absolute atomic E-state index is 0.163. The van der Waals surface area contributed by atoms with E-state index in [1.54, 1.807) is 0 Å². The molecule has 0 saturated carbocycles. The minimum Gasteiger partial charge on any atom is -0.336 e. The van der Waals surface area contributed by atoms with Crippen LogP contribution in [0.4, 0.5) is 0 Å². The second-order valence-corrected chi connectivity index (χ2v) is 6.03. The van der Waals surface area contributed by atoms with Crippen molar-refractivity contribution in [2.24, 2.45) is 0 Å². The Balaban J connectivity index is 2.23. The van der Waals surface area contributed by atoms with Crippen LogP contribution in [0.15, 0.2) is 22.7 Å². The van der Waals surface area contributed by atoms with Gasteiger partial charge in [-0.1, -0.05) is 18.9 Å². The van der Waals surface area contributed by atoms with Gasteiger partial charge in [-0.15, -0.1) is 0 Å². The summed E-state index contributed by atoms with van der Waals surface area (Å²) in [7, 11) is 0. The SMILES string of the molecule is Cc1ccc(C(=O)N2CCCCCC2C)c(Br)c1. The molecule has 0 spiro atoms. The number of carbonyl (C=O) groups is 1. The van der Waals surface area contributed by atoms with Gasteiger partial charge in [-0.25, -0.2) is 0 Å². The highest BCUT2D eigenvalue weighted by atomic mass is 79.9. The lowest BCUT2D eigenvalue weighted by Crippen LogP contribution is -2.38. The Hall–Kier alpha value is -0.830. The van der Waals surface area contributed by atoms with Crippen molar-refractivity contribution in [3.63, 3.8) is 0 Å². The monoisotopic (exact) mass is 309 g/mol. The average molecular weight is 310 g/mol. The Labute approximate surface area is 117 Å². The Kier molecular flexibility index (Phi) is 4.44. The van der Waals surface area contributed by atoms with Crippen LogP contribution in [0.3, 0.4) is 0 Å². The van der Waals surface area contributed by atoms with Crippen LogP contribution in [0.1, 0.15) is 48.5 Å². The summed E-state index contributed by atoms with van der Waals surface area (Å²) in [6, 6.07) is 6.29. The fraction of sp³-hybridized carbons (Fsp3) is 0.533. The maximum absolute atomic E-state index is 12.6. The molecule has 0 N–H and O–H groups in total. The molecule has 98 valence electrons. The second kappa shape index (κ2) is 5.87. The lowest BCUT2D eigenvalue weighted by molar-refractivity contribution is 0.0697. The first-order valence-electron chi connectivity index (χ1n) is 6.66. The molecule has 1 aromatic rings. The van der Waals surface area contributed by atoms with Gasteiger partial charge in [-0.3, -0.25) is 4.79 Å². The van der Waals surface area contributed by atoms with E-state index in [2.05, 4.69) is 22.9 Å². The van der Waals surface area contributed by atoms with E-state index in [1.807, 2.05) is 30.0 Å². The predicted octanol–water partition coefficient (Wildman–Crippen LogP) is 4.16. The molecule has 3 heteroatoms. The number of rotatable bonds is 1. The number of amides is 1. The summed E-state index contributed by atoms with van der Waals surface area (Å²) in [5.74, 6) is 0.163. The van der Waals surface area contributed by atoms with Crippen molar-refractivity contribution in [2.75, 3.05) is 6.54 Å². The first-order valence-corrected chi connectivity index (χ1v) is 7.46. The normalized spacial score (nSPS) is 20.6. The Morgan fingerprint density at radius 3 is 2.83 bits per heavy atom. The number of hydrogen-bond donors (Lipinski definition) is 0.